The monoisotopic (exact) mass is 340 g/mol. The molecule has 0 unspecified atom stereocenters. The first kappa shape index (κ1) is 17.5. The summed E-state index contributed by atoms with van der Waals surface area (Å²) in [5, 5.41) is 13.1. The third kappa shape index (κ3) is 4.62. The Kier molecular flexibility index (Phi) is 5.11. The summed E-state index contributed by atoms with van der Waals surface area (Å²) in [6.45, 7) is 6.68. The van der Waals surface area contributed by atoms with Crippen molar-refractivity contribution in [3.63, 3.8) is 0 Å². The Morgan fingerprint density at radius 1 is 1.08 bits per heavy atom. The number of aromatic nitrogens is 2. The molecule has 3 N–H and O–H groups in total. The van der Waals surface area contributed by atoms with Gasteiger partial charge in [-0.15, -0.1) is 0 Å². The number of amides is 1. The van der Waals surface area contributed by atoms with E-state index in [2.05, 4.69) is 65.9 Å². The van der Waals surface area contributed by atoms with Crippen LogP contribution in [0, 0.1) is 5.92 Å². The third-order valence-corrected chi connectivity index (χ3v) is 4.99. The molecular weight excluding hydrogens is 312 g/mol. The number of carbonyl (C=O) groups is 1. The van der Waals surface area contributed by atoms with Crippen molar-refractivity contribution in [1.29, 1.82) is 0 Å². The van der Waals surface area contributed by atoms with Gasteiger partial charge in [-0.25, -0.2) is 0 Å². The smallest absolute Gasteiger partial charge is 0.227 e. The van der Waals surface area contributed by atoms with Crippen molar-refractivity contribution in [2.45, 2.75) is 57.9 Å². The number of hydrogen-bond donors (Lipinski definition) is 3. The second-order valence-electron chi connectivity index (χ2n) is 8.00. The number of aromatic amines is 1. The van der Waals surface area contributed by atoms with E-state index in [9.17, 15) is 4.79 Å². The highest BCUT2D eigenvalue weighted by Crippen LogP contribution is 2.29. The molecule has 1 aliphatic carbocycles. The fourth-order valence-corrected chi connectivity index (χ4v) is 3.37. The van der Waals surface area contributed by atoms with E-state index in [0.717, 1.165) is 31.4 Å². The third-order valence-electron chi connectivity index (χ3n) is 4.99. The quantitative estimate of drug-likeness (QED) is 0.776. The van der Waals surface area contributed by atoms with Gasteiger partial charge in [0.25, 0.3) is 0 Å². The number of H-pyrrole nitrogens is 1. The zero-order chi connectivity index (χ0) is 17.9. The summed E-state index contributed by atoms with van der Waals surface area (Å²) >= 11 is 0. The molecule has 0 spiro atoms. The second kappa shape index (κ2) is 7.30. The summed E-state index contributed by atoms with van der Waals surface area (Å²) < 4.78 is 0. The van der Waals surface area contributed by atoms with Gasteiger partial charge < -0.3 is 10.6 Å². The first-order valence-electron chi connectivity index (χ1n) is 9.08. The van der Waals surface area contributed by atoms with Crippen molar-refractivity contribution < 1.29 is 4.79 Å². The van der Waals surface area contributed by atoms with Crippen LogP contribution in [0.15, 0.2) is 36.7 Å². The summed E-state index contributed by atoms with van der Waals surface area (Å²) in [5.41, 5.74) is 3.43. The Labute approximate surface area is 149 Å². The van der Waals surface area contributed by atoms with Crippen LogP contribution in [0.3, 0.4) is 0 Å². The normalized spacial score (nSPS) is 20.9. The molecule has 0 aliphatic heterocycles. The molecule has 0 radical (unpaired) electrons. The summed E-state index contributed by atoms with van der Waals surface area (Å²) in [5.74, 6) is 0.200. The van der Waals surface area contributed by atoms with Crippen molar-refractivity contribution in [2.24, 2.45) is 5.92 Å². The minimum Gasteiger partial charge on any atom is -0.382 e. The number of carbonyl (C=O) groups excluding carboxylic acids is 1. The maximum Gasteiger partial charge on any atom is 0.227 e. The lowest BCUT2D eigenvalue weighted by Crippen LogP contribution is -2.32. The number of hydrogen-bond acceptors (Lipinski definition) is 3. The van der Waals surface area contributed by atoms with Crippen LogP contribution in [-0.4, -0.2) is 22.1 Å². The molecule has 1 amide bonds. The minimum absolute atomic E-state index is 0.0937. The van der Waals surface area contributed by atoms with E-state index in [1.54, 1.807) is 12.4 Å². The SMILES string of the molecule is CC(C)(C)c1ccc(NC2CCC(C(=O)Nc3cn[nH]c3)CC2)cc1. The zero-order valence-electron chi connectivity index (χ0n) is 15.3. The van der Waals surface area contributed by atoms with Gasteiger partial charge in [0.05, 0.1) is 11.9 Å². The Morgan fingerprint density at radius 3 is 2.32 bits per heavy atom. The van der Waals surface area contributed by atoms with Gasteiger partial charge in [-0.2, -0.15) is 5.10 Å². The maximum atomic E-state index is 12.3. The second-order valence-corrected chi connectivity index (χ2v) is 8.00. The van der Waals surface area contributed by atoms with Crippen molar-refractivity contribution in [1.82, 2.24) is 10.2 Å². The van der Waals surface area contributed by atoms with E-state index in [0.29, 0.717) is 6.04 Å². The Hall–Kier alpha value is -2.30. The van der Waals surface area contributed by atoms with Crippen LogP contribution >= 0.6 is 0 Å². The fourth-order valence-electron chi connectivity index (χ4n) is 3.37. The predicted molar refractivity (Wildman–Crippen MR) is 102 cm³/mol. The average Bonchev–Trinajstić information content (AvgIpc) is 3.08. The van der Waals surface area contributed by atoms with Gasteiger partial charge in [0.2, 0.25) is 5.91 Å². The van der Waals surface area contributed by atoms with Crippen LogP contribution < -0.4 is 10.6 Å². The fraction of sp³-hybridized carbons (Fsp3) is 0.500. The van der Waals surface area contributed by atoms with Gasteiger partial charge in [-0.1, -0.05) is 32.9 Å². The van der Waals surface area contributed by atoms with Gasteiger partial charge in [0, 0.05) is 23.8 Å². The number of benzene rings is 1. The molecule has 1 fully saturated rings. The summed E-state index contributed by atoms with van der Waals surface area (Å²) in [6.07, 6.45) is 7.20. The minimum atomic E-state index is 0.0937. The van der Waals surface area contributed by atoms with Crippen LogP contribution in [0.1, 0.15) is 52.0 Å². The number of nitrogens with zero attached hydrogens (tertiary/aromatic N) is 1. The molecule has 1 aromatic carbocycles. The molecular formula is C20H28N4O. The molecule has 25 heavy (non-hydrogen) atoms. The Morgan fingerprint density at radius 2 is 1.76 bits per heavy atom. The van der Waals surface area contributed by atoms with E-state index in [4.69, 9.17) is 0 Å². The van der Waals surface area contributed by atoms with Crippen LogP contribution in [-0.2, 0) is 10.2 Å². The van der Waals surface area contributed by atoms with Crippen LogP contribution in [0.5, 0.6) is 0 Å². The van der Waals surface area contributed by atoms with Crippen LogP contribution in [0.2, 0.25) is 0 Å². The average molecular weight is 340 g/mol. The van der Waals surface area contributed by atoms with Gasteiger partial charge >= 0.3 is 0 Å². The number of rotatable bonds is 4. The van der Waals surface area contributed by atoms with Gasteiger partial charge in [0.1, 0.15) is 0 Å². The van der Waals surface area contributed by atoms with Crippen molar-refractivity contribution >= 4 is 17.3 Å². The lowest BCUT2D eigenvalue weighted by atomic mass is 9.85. The van der Waals surface area contributed by atoms with Crippen molar-refractivity contribution in [3.05, 3.63) is 42.2 Å². The van der Waals surface area contributed by atoms with Crippen LogP contribution in [0.4, 0.5) is 11.4 Å². The van der Waals surface area contributed by atoms with E-state index in [1.165, 1.54) is 11.3 Å². The lowest BCUT2D eigenvalue weighted by Gasteiger charge is -2.29. The predicted octanol–water partition coefficient (Wildman–Crippen LogP) is 4.32. The molecule has 1 aliphatic rings. The summed E-state index contributed by atoms with van der Waals surface area (Å²) in [6, 6.07) is 9.17. The highest BCUT2D eigenvalue weighted by Gasteiger charge is 2.26. The van der Waals surface area contributed by atoms with Crippen molar-refractivity contribution in [3.8, 4) is 0 Å². The van der Waals surface area contributed by atoms with Crippen LogP contribution in [0.25, 0.3) is 0 Å². The highest BCUT2D eigenvalue weighted by atomic mass is 16.1. The molecule has 1 saturated carbocycles. The van der Waals surface area contributed by atoms with E-state index in [-0.39, 0.29) is 17.2 Å². The van der Waals surface area contributed by atoms with E-state index in [1.807, 2.05) is 0 Å². The lowest BCUT2D eigenvalue weighted by molar-refractivity contribution is -0.120. The number of anilines is 2. The first-order chi connectivity index (χ1) is 11.9. The number of nitrogens with one attached hydrogen (secondary N) is 3. The van der Waals surface area contributed by atoms with E-state index < -0.39 is 0 Å². The largest absolute Gasteiger partial charge is 0.382 e. The molecule has 1 heterocycles. The molecule has 1 aromatic heterocycles. The van der Waals surface area contributed by atoms with Crippen molar-refractivity contribution in [2.75, 3.05) is 10.6 Å². The topological polar surface area (TPSA) is 69.8 Å². The molecule has 3 rings (SSSR count). The molecule has 2 aromatic rings. The molecule has 0 bridgehead atoms. The van der Waals surface area contributed by atoms with Gasteiger partial charge in [-0.05, 0) is 48.8 Å². The molecule has 134 valence electrons. The van der Waals surface area contributed by atoms with Gasteiger partial charge in [-0.3, -0.25) is 9.89 Å². The molecule has 5 heteroatoms. The van der Waals surface area contributed by atoms with Gasteiger partial charge in [0.15, 0.2) is 0 Å². The van der Waals surface area contributed by atoms with E-state index >= 15 is 0 Å². The highest BCUT2D eigenvalue weighted by molar-refractivity contribution is 5.92. The maximum absolute atomic E-state index is 12.3. The first-order valence-corrected chi connectivity index (χ1v) is 9.08. The molecule has 5 nitrogen and oxygen atoms in total. The summed E-state index contributed by atoms with van der Waals surface area (Å²) in [4.78, 5) is 12.3. The molecule has 0 saturated heterocycles. The standard InChI is InChI=1S/C20H28N4O/c1-20(2,3)15-6-10-17(11-7-15)23-16-8-4-14(5-9-16)19(25)24-18-12-21-22-13-18/h6-7,10-14,16,23H,4-5,8-9H2,1-3H3,(H,21,22)(H,24,25). The Balaban J connectivity index is 1.48. The zero-order valence-corrected chi connectivity index (χ0v) is 15.3. The molecule has 0 atom stereocenters. The summed E-state index contributed by atoms with van der Waals surface area (Å²) in [7, 11) is 0. The Bertz CT molecular complexity index is 677.